The SMILES string of the molecule is COc1ccc(-c2ncnc3c(C(=O)N[C@H]4CC[C@@H](NC(=O)[C@H](C)O)CC4)c[nH]c23)c(OCC2CC2)c1. The number of amides is 2. The number of H-pyrrole nitrogens is 1. The van der Waals surface area contributed by atoms with Gasteiger partial charge in [0.15, 0.2) is 0 Å². The molecule has 2 heterocycles. The van der Waals surface area contributed by atoms with Gasteiger partial charge in [-0.2, -0.15) is 0 Å². The molecule has 2 aliphatic carbocycles. The molecule has 5 rings (SSSR count). The highest BCUT2D eigenvalue weighted by Crippen LogP contribution is 2.37. The Balaban J connectivity index is 1.31. The first-order valence-corrected chi connectivity index (χ1v) is 12.9. The summed E-state index contributed by atoms with van der Waals surface area (Å²) in [5, 5.41) is 15.4. The van der Waals surface area contributed by atoms with E-state index in [0.717, 1.165) is 31.2 Å². The summed E-state index contributed by atoms with van der Waals surface area (Å²) in [6, 6.07) is 5.66. The van der Waals surface area contributed by atoms with Gasteiger partial charge in [-0.05, 0) is 63.5 Å². The number of methoxy groups -OCH3 is 1. The van der Waals surface area contributed by atoms with Gasteiger partial charge in [-0.25, -0.2) is 9.97 Å². The lowest BCUT2D eigenvalue weighted by molar-refractivity contribution is -0.129. The molecule has 3 aromatic rings. The maximum absolute atomic E-state index is 13.2. The van der Waals surface area contributed by atoms with Crippen LogP contribution in [0.15, 0.2) is 30.7 Å². The minimum absolute atomic E-state index is 0.00229. The van der Waals surface area contributed by atoms with Crippen LogP contribution in [-0.2, 0) is 4.79 Å². The summed E-state index contributed by atoms with van der Waals surface area (Å²) in [6.45, 7) is 2.10. The van der Waals surface area contributed by atoms with Crippen molar-refractivity contribution in [1.82, 2.24) is 25.6 Å². The van der Waals surface area contributed by atoms with Gasteiger partial charge < -0.3 is 30.2 Å². The van der Waals surface area contributed by atoms with Crippen molar-refractivity contribution in [3.63, 3.8) is 0 Å². The zero-order valence-electron chi connectivity index (χ0n) is 21.1. The molecule has 0 spiro atoms. The average molecular weight is 508 g/mol. The van der Waals surface area contributed by atoms with Gasteiger partial charge in [-0.15, -0.1) is 0 Å². The standard InChI is InChI=1S/C27H33N5O5/c1-15(33)26(34)31-17-5-7-18(8-6-17)32-27(35)21-12-28-25-23(29-14-30-24(21)25)20-10-9-19(36-2)11-22(20)37-13-16-3-4-16/h9-12,14-18,28,33H,3-8,13H2,1-2H3,(H,31,34)(H,32,35)/t15-,17-,18+/m0/s1. The van der Waals surface area contributed by atoms with Crippen molar-refractivity contribution in [2.24, 2.45) is 5.92 Å². The summed E-state index contributed by atoms with van der Waals surface area (Å²) >= 11 is 0. The Hall–Kier alpha value is -3.66. The predicted octanol–water partition coefficient (Wildman–Crippen LogP) is 2.96. The minimum atomic E-state index is -1.02. The van der Waals surface area contributed by atoms with Crippen LogP contribution < -0.4 is 20.1 Å². The number of ether oxygens (including phenoxy) is 2. The minimum Gasteiger partial charge on any atom is -0.497 e. The van der Waals surface area contributed by atoms with Crippen molar-refractivity contribution >= 4 is 22.8 Å². The monoisotopic (exact) mass is 507 g/mol. The number of aromatic nitrogens is 3. The molecule has 2 aromatic heterocycles. The van der Waals surface area contributed by atoms with Crippen molar-refractivity contribution in [3.8, 4) is 22.8 Å². The largest absolute Gasteiger partial charge is 0.497 e. The van der Waals surface area contributed by atoms with Gasteiger partial charge in [0.2, 0.25) is 5.91 Å². The highest BCUT2D eigenvalue weighted by molar-refractivity contribution is 6.08. The summed E-state index contributed by atoms with van der Waals surface area (Å²) in [6.07, 6.45) is 7.45. The molecule has 0 radical (unpaired) electrons. The lowest BCUT2D eigenvalue weighted by atomic mass is 9.91. The molecule has 4 N–H and O–H groups in total. The molecular weight excluding hydrogens is 474 g/mol. The molecule has 2 aliphatic rings. The Morgan fingerprint density at radius 3 is 2.51 bits per heavy atom. The summed E-state index contributed by atoms with van der Waals surface area (Å²) in [4.78, 5) is 37.1. The van der Waals surface area contributed by atoms with Crippen molar-refractivity contribution < 1.29 is 24.2 Å². The van der Waals surface area contributed by atoms with Crippen LogP contribution in [0.2, 0.25) is 0 Å². The number of nitrogens with one attached hydrogen (secondary N) is 3. The van der Waals surface area contributed by atoms with Gasteiger partial charge in [0.05, 0.1) is 24.8 Å². The van der Waals surface area contributed by atoms with Crippen LogP contribution in [0, 0.1) is 5.92 Å². The second kappa shape index (κ2) is 10.8. The van der Waals surface area contributed by atoms with Crippen LogP contribution >= 0.6 is 0 Å². The lowest BCUT2D eigenvalue weighted by Gasteiger charge is -2.29. The van der Waals surface area contributed by atoms with Gasteiger partial charge in [-0.3, -0.25) is 9.59 Å². The summed E-state index contributed by atoms with van der Waals surface area (Å²) < 4.78 is 11.5. The molecular formula is C27H33N5O5. The fourth-order valence-electron chi connectivity index (χ4n) is 4.72. The highest BCUT2D eigenvalue weighted by atomic mass is 16.5. The van der Waals surface area contributed by atoms with E-state index in [9.17, 15) is 14.7 Å². The molecule has 2 amide bonds. The van der Waals surface area contributed by atoms with Gasteiger partial charge in [0, 0.05) is 29.9 Å². The molecule has 0 unspecified atom stereocenters. The Kier molecular flexibility index (Phi) is 7.27. The Bertz CT molecular complexity index is 1280. The average Bonchev–Trinajstić information content (AvgIpc) is 3.64. The van der Waals surface area contributed by atoms with E-state index in [1.54, 1.807) is 13.3 Å². The molecule has 37 heavy (non-hydrogen) atoms. The summed E-state index contributed by atoms with van der Waals surface area (Å²) in [5.74, 6) is 1.42. The third-order valence-corrected chi connectivity index (χ3v) is 7.11. The van der Waals surface area contributed by atoms with Crippen molar-refractivity contribution in [3.05, 3.63) is 36.3 Å². The Morgan fingerprint density at radius 2 is 1.84 bits per heavy atom. The Labute approximate surface area is 215 Å². The Morgan fingerprint density at radius 1 is 1.11 bits per heavy atom. The predicted molar refractivity (Wildman–Crippen MR) is 137 cm³/mol. The molecule has 1 atom stereocenters. The number of carbonyl (C=O) groups excluding carboxylic acids is 2. The topological polar surface area (TPSA) is 138 Å². The van der Waals surface area contributed by atoms with Gasteiger partial charge in [0.1, 0.15) is 35.1 Å². The molecule has 10 nitrogen and oxygen atoms in total. The highest BCUT2D eigenvalue weighted by Gasteiger charge is 2.27. The molecule has 0 aliphatic heterocycles. The number of aliphatic hydroxyl groups excluding tert-OH is 1. The number of carbonyl (C=O) groups is 2. The normalized spacial score (nSPS) is 20.3. The van der Waals surface area contributed by atoms with Crippen LogP contribution in [0.25, 0.3) is 22.3 Å². The second-order valence-corrected chi connectivity index (χ2v) is 9.97. The fourth-order valence-corrected chi connectivity index (χ4v) is 4.72. The number of nitrogens with zero attached hydrogens (tertiary/aromatic N) is 2. The van der Waals surface area contributed by atoms with E-state index in [0.29, 0.717) is 46.3 Å². The van der Waals surface area contributed by atoms with Gasteiger partial charge in [-0.1, -0.05) is 0 Å². The van der Waals surface area contributed by atoms with E-state index < -0.39 is 6.10 Å². The number of fused-ring (bicyclic) bond motifs is 1. The zero-order chi connectivity index (χ0) is 25.9. The van der Waals surface area contributed by atoms with Crippen molar-refractivity contribution in [2.45, 2.75) is 63.6 Å². The first-order chi connectivity index (χ1) is 17.9. The number of hydrogen-bond acceptors (Lipinski definition) is 7. The van der Waals surface area contributed by atoms with Crippen molar-refractivity contribution in [2.75, 3.05) is 13.7 Å². The van der Waals surface area contributed by atoms with Crippen molar-refractivity contribution in [1.29, 1.82) is 0 Å². The fraction of sp³-hybridized carbons (Fsp3) is 0.481. The van der Waals surface area contributed by atoms with Crippen LogP contribution in [0.1, 0.15) is 55.8 Å². The molecule has 2 saturated carbocycles. The summed E-state index contributed by atoms with van der Waals surface area (Å²) in [7, 11) is 1.62. The van der Waals surface area contributed by atoms with Crippen LogP contribution in [0.4, 0.5) is 0 Å². The van der Waals surface area contributed by atoms with Crippen LogP contribution in [-0.4, -0.2) is 63.8 Å². The number of aliphatic hydroxyl groups is 1. The molecule has 1 aromatic carbocycles. The lowest BCUT2D eigenvalue weighted by Crippen LogP contribution is -2.45. The number of rotatable bonds is 9. The van der Waals surface area contributed by atoms with E-state index in [1.807, 2.05) is 18.2 Å². The quantitative estimate of drug-likeness (QED) is 0.349. The van der Waals surface area contributed by atoms with Gasteiger partial charge >= 0.3 is 0 Å². The molecule has 2 fully saturated rings. The molecule has 196 valence electrons. The maximum atomic E-state index is 13.2. The third kappa shape index (κ3) is 5.69. The van der Waals surface area contributed by atoms with E-state index in [1.165, 1.54) is 26.1 Å². The number of aromatic amines is 1. The van der Waals surface area contributed by atoms with E-state index >= 15 is 0 Å². The maximum Gasteiger partial charge on any atom is 0.255 e. The number of hydrogen-bond donors (Lipinski definition) is 4. The molecule has 10 heteroatoms. The third-order valence-electron chi connectivity index (χ3n) is 7.11. The molecule has 0 bridgehead atoms. The first kappa shape index (κ1) is 25.0. The molecule has 0 saturated heterocycles. The van der Waals surface area contributed by atoms with Gasteiger partial charge in [0.25, 0.3) is 5.91 Å². The van der Waals surface area contributed by atoms with E-state index in [2.05, 4.69) is 25.6 Å². The van der Waals surface area contributed by atoms with Crippen LogP contribution in [0.5, 0.6) is 11.5 Å². The van der Waals surface area contributed by atoms with Crippen LogP contribution in [0.3, 0.4) is 0 Å². The smallest absolute Gasteiger partial charge is 0.255 e. The number of benzene rings is 1. The zero-order valence-corrected chi connectivity index (χ0v) is 21.1. The van der Waals surface area contributed by atoms with E-state index in [4.69, 9.17) is 9.47 Å². The summed E-state index contributed by atoms with van der Waals surface area (Å²) in [5.41, 5.74) is 3.13. The second-order valence-electron chi connectivity index (χ2n) is 9.97. The van der Waals surface area contributed by atoms with E-state index in [-0.39, 0.29) is 23.9 Å². The first-order valence-electron chi connectivity index (χ1n) is 12.9.